The lowest BCUT2D eigenvalue weighted by Gasteiger charge is -2.34. The molecule has 0 aromatic carbocycles. The molecule has 0 radical (unpaired) electrons. The van der Waals surface area contributed by atoms with Gasteiger partial charge in [0.2, 0.25) is 0 Å². The molecule has 1 saturated carbocycles. The molecule has 8 heteroatoms. The van der Waals surface area contributed by atoms with Crippen LogP contribution in [0.3, 0.4) is 0 Å². The number of rotatable bonds is 10. The molecule has 0 bridgehead atoms. The molecular weight excluding hydrogens is 462 g/mol. The first kappa shape index (κ1) is 26.4. The molecule has 1 aliphatic carbocycles. The number of amides is 1. The zero-order valence-electron chi connectivity index (χ0n) is 22.6. The minimum Gasteiger partial charge on any atom is -0.369 e. The number of piperidine rings is 2. The summed E-state index contributed by atoms with van der Waals surface area (Å²) in [4.78, 5) is 25.6. The Bertz CT molecular complexity index is 896. The number of carbonyl (C=O) groups is 1. The summed E-state index contributed by atoms with van der Waals surface area (Å²) in [6.45, 7) is 9.76. The van der Waals surface area contributed by atoms with Crippen molar-refractivity contribution in [2.45, 2.75) is 76.7 Å². The number of anilines is 2. The van der Waals surface area contributed by atoms with Gasteiger partial charge in [0.15, 0.2) is 0 Å². The van der Waals surface area contributed by atoms with E-state index < -0.39 is 0 Å². The lowest BCUT2D eigenvalue weighted by Crippen LogP contribution is -2.48. The summed E-state index contributed by atoms with van der Waals surface area (Å²) >= 11 is 0. The number of hydrogen-bond acceptors (Lipinski definition) is 7. The highest BCUT2D eigenvalue weighted by atomic mass is 16.1. The van der Waals surface area contributed by atoms with Crippen LogP contribution in [0.25, 0.3) is 0 Å². The zero-order chi connectivity index (χ0) is 25.5. The Kier molecular flexibility index (Phi) is 9.32. The van der Waals surface area contributed by atoms with Crippen LogP contribution in [0.1, 0.15) is 76.2 Å². The number of nitrogens with zero attached hydrogens (tertiary/aromatic N) is 4. The standard InChI is InChI=1S/C29H47N7O/c30-27(29(37)32-24-12-18-35(19-13-24)21-20-34-14-4-3-5-15-34)25-10-11-26(36-16-6-1-2-7-17-36)33-28(25)31-22-23-8-9-23/h10-11,23-24,30H,1-9,12-22H2,(H,31,33)(H,32,37). The van der Waals surface area contributed by atoms with E-state index in [4.69, 9.17) is 10.4 Å². The summed E-state index contributed by atoms with van der Waals surface area (Å²) in [6.07, 6.45) is 13.4. The van der Waals surface area contributed by atoms with Crippen LogP contribution in [0.2, 0.25) is 0 Å². The Labute approximate surface area is 223 Å². The third kappa shape index (κ3) is 7.66. The van der Waals surface area contributed by atoms with Gasteiger partial charge in [0.1, 0.15) is 17.3 Å². The Morgan fingerprint density at radius 1 is 0.838 bits per heavy atom. The second-order valence-electron chi connectivity index (χ2n) is 11.7. The van der Waals surface area contributed by atoms with E-state index in [2.05, 4.69) is 25.3 Å². The fourth-order valence-electron chi connectivity index (χ4n) is 5.97. The molecule has 37 heavy (non-hydrogen) atoms. The van der Waals surface area contributed by atoms with Crippen molar-refractivity contribution >= 4 is 23.3 Å². The maximum atomic E-state index is 13.1. The van der Waals surface area contributed by atoms with Crippen LogP contribution >= 0.6 is 0 Å². The number of hydrogen-bond donors (Lipinski definition) is 3. The van der Waals surface area contributed by atoms with Gasteiger partial charge < -0.3 is 25.3 Å². The molecule has 4 heterocycles. The predicted octanol–water partition coefficient (Wildman–Crippen LogP) is 3.72. The smallest absolute Gasteiger partial charge is 0.270 e. The summed E-state index contributed by atoms with van der Waals surface area (Å²) < 4.78 is 0. The molecule has 3 saturated heterocycles. The first-order valence-corrected chi connectivity index (χ1v) is 15.0. The van der Waals surface area contributed by atoms with Crippen molar-refractivity contribution in [2.24, 2.45) is 5.92 Å². The van der Waals surface area contributed by atoms with Gasteiger partial charge in [0.25, 0.3) is 5.91 Å². The van der Waals surface area contributed by atoms with Crippen LogP contribution in [-0.4, -0.2) is 91.3 Å². The number of carbonyl (C=O) groups excluding carboxylic acids is 1. The van der Waals surface area contributed by atoms with E-state index in [0.29, 0.717) is 17.3 Å². The quantitative estimate of drug-likeness (QED) is 0.417. The lowest BCUT2D eigenvalue weighted by atomic mass is 10.0. The van der Waals surface area contributed by atoms with E-state index in [-0.39, 0.29) is 17.7 Å². The van der Waals surface area contributed by atoms with Gasteiger partial charge in [-0.2, -0.15) is 0 Å². The van der Waals surface area contributed by atoms with Crippen molar-refractivity contribution in [3.05, 3.63) is 17.7 Å². The Balaban J connectivity index is 1.15. The first-order valence-electron chi connectivity index (χ1n) is 15.0. The van der Waals surface area contributed by atoms with E-state index in [1.807, 2.05) is 12.1 Å². The molecule has 4 fully saturated rings. The molecule has 8 nitrogen and oxygen atoms in total. The number of pyridine rings is 1. The minimum absolute atomic E-state index is 0.0285. The van der Waals surface area contributed by atoms with Crippen molar-refractivity contribution in [1.82, 2.24) is 20.1 Å². The van der Waals surface area contributed by atoms with Gasteiger partial charge in [0, 0.05) is 57.4 Å². The molecule has 0 spiro atoms. The molecule has 1 amide bonds. The highest BCUT2D eigenvalue weighted by molar-refractivity contribution is 6.45. The van der Waals surface area contributed by atoms with Crippen molar-refractivity contribution in [2.75, 3.05) is 69.1 Å². The summed E-state index contributed by atoms with van der Waals surface area (Å²) in [5, 5.41) is 15.4. The molecule has 204 valence electrons. The second-order valence-corrected chi connectivity index (χ2v) is 11.7. The maximum Gasteiger partial charge on any atom is 0.270 e. The highest BCUT2D eigenvalue weighted by Crippen LogP contribution is 2.30. The van der Waals surface area contributed by atoms with Gasteiger partial charge in [-0.1, -0.05) is 19.3 Å². The highest BCUT2D eigenvalue weighted by Gasteiger charge is 2.26. The van der Waals surface area contributed by atoms with Gasteiger partial charge in [-0.15, -0.1) is 0 Å². The Morgan fingerprint density at radius 3 is 2.14 bits per heavy atom. The van der Waals surface area contributed by atoms with Gasteiger partial charge in [-0.25, -0.2) is 4.98 Å². The molecule has 1 aromatic heterocycles. The summed E-state index contributed by atoms with van der Waals surface area (Å²) in [5.74, 6) is 2.08. The largest absolute Gasteiger partial charge is 0.369 e. The van der Waals surface area contributed by atoms with Crippen LogP contribution in [0.5, 0.6) is 0 Å². The number of aromatic nitrogens is 1. The molecule has 3 N–H and O–H groups in total. The SMILES string of the molecule is N=C(C(=O)NC1CCN(CCN2CCCCC2)CC1)c1ccc(N2CCCCCC2)nc1NCC1CC1. The van der Waals surface area contributed by atoms with Crippen molar-refractivity contribution < 1.29 is 4.79 Å². The second kappa shape index (κ2) is 13.1. The van der Waals surface area contributed by atoms with Crippen molar-refractivity contribution in [3.63, 3.8) is 0 Å². The summed E-state index contributed by atoms with van der Waals surface area (Å²) in [7, 11) is 0. The van der Waals surface area contributed by atoms with E-state index >= 15 is 0 Å². The minimum atomic E-state index is -0.273. The average molecular weight is 510 g/mol. The van der Waals surface area contributed by atoms with Gasteiger partial charge >= 0.3 is 0 Å². The molecular formula is C29H47N7O. The van der Waals surface area contributed by atoms with Crippen LogP contribution in [-0.2, 0) is 4.79 Å². The molecule has 1 aromatic rings. The summed E-state index contributed by atoms with van der Waals surface area (Å²) in [5.41, 5.74) is 0.649. The maximum absolute atomic E-state index is 13.1. The fraction of sp³-hybridized carbons (Fsp3) is 0.759. The number of likely N-dealkylation sites (tertiary alicyclic amines) is 2. The first-order chi connectivity index (χ1) is 18.2. The van der Waals surface area contributed by atoms with Gasteiger partial charge in [-0.3, -0.25) is 10.2 Å². The topological polar surface area (TPSA) is 87.6 Å². The molecule has 4 aliphatic rings. The van der Waals surface area contributed by atoms with E-state index in [0.717, 1.165) is 57.9 Å². The third-order valence-corrected chi connectivity index (χ3v) is 8.67. The van der Waals surface area contributed by atoms with Crippen LogP contribution in [0.15, 0.2) is 12.1 Å². The Morgan fingerprint density at radius 2 is 1.46 bits per heavy atom. The third-order valence-electron chi connectivity index (χ3n) is 8.67. The molecule has 5 rings (SSSR count). The van der Waals surface area contributed by atoms with E-state index in [1.165, 1.54) is 77.4 Å². The summed E-state index contributed by atoms with van der Waals surface area (Å²) in [6, 6.07) is 4.09. The van der Waals surface area contributed by atoms with E-state index in [1.54, 1.807) is 0 Å². The van der Waals surface area contributed by atoms with Crippen LogP contribution in [0, 0.1) is 11.3 Å². The van der Waals surface area contributed by atoms with E-state index in [9.17, 15) is 4.79 Å². The number of nitrogens with one attached hydrogen (secondary N) is 3. The molecule has 0 unspecified atom stereocenters. The molecule has 0 atom stereocenters. The van der Waals surface area contributed by atoms with Gasteiger partial charge in [-0.05, 0) is 82.5 Å². The Hall–Kier alpha value is -2.19. The average Bonchev–Trinajstić information content (AvgIpc) is 3.79. The van der Waals surface area contributed by atoms with Crippen LogP contribution < -0.4 is 15.5 Å². The monoisotopic (exact) mass is 509 g/mol. The molecule has 3 aliphatic heterocycles. The zero-order valence-corrected chi connectivity index (χ0v) is 22.6. The van der Waals surface area contributed by atoms with Crippen LogP contribution in [0.4, 0.5) is 11.6 Å². The van der Waals surface area contributed by atoms with Crippen molar-refractivity contribution in [1.29, 1.82) is 5.41 Å². The van der Waals surface area contributed by atoms with Gasteiger partial charge in [0.05, 0.1) is 0 Å². The fourth-order valence-corrected chi connectivity index (χ4v) is 5.97. The lowest BCUT2D eigenvalue weighted by molar-refractivity contribution is -0.115. The predicted molar refractivity (Wildman–Crippen MR) is 151 cm³/mol. The normalized spacial score (nSPS) is 22.4. The van der Waals surface area contributed by atoms with Crippen molar-refractivity contribution in [3.8, 4) is 0 Å².